The van der Waals surface area contributed by atoms with Crippen LogP contribution in [0.1, 0.15) is 16.8 Å². The molecule has 1 N–H and O–H groups in total. The molecule has 0 aliphatic rings. The zero-order valence-corrected chi connectivity index (χ0v) is 16.2. The third-order valence-electron chi connectivity index (χ3n) is 4.44. The van der Waals surface area contributed by atoms with E-state index in [0.717, 1.165) is 33.9 Å². The molecule has 0 unspecified atom stereocenters. The van der Waals surface area contributed by atoms with Crippen LogP contribution in [0.5, 0.6) is 0 Å². The van der Waals surface area contributed by atoms with Gasteiger partial charge in [0.25, 0.3) is 0 Å². The maximum absolute atomic E-state index is 12.6. The maximum atomic E-state index is 12.6. The molecule has 3 nitrogen and oxygen atoms in total. The molecule has 0 fully saturated rings. The molecule has 3 aromatic carbocycles. The Hall–Kier alpha value is -3.24. The number of thiazole rings is 1. The lowest BCUT2D eigenvalue weighted by Gasteiger charge is -2.11. The van der Waals surface area contributed by atoms with Crippen molar-refractivity contribution in [3.63, 3.8) is 0 Å². The van der Waals surface area contributed by atoms with Gasteiger partial charge in [-0.25, -0.2) is 4.98 Å². The molecule has 28 heavy (non-hydrogen) atoms. The normalized spacial score (nSPS) is 10.6. The average Bonchev–Trinajstić information content (AvgIpc) is 3.19. The predicted molar refractivity (Wildman–Crippen MR) is 116 cm³/mol. The van der Waals surface area contributed by atoms with E-state index < -0.39 is 0 Å². The third-order valence-corrected chi connectivity index (χ3v) is 5.38. The SMILES string of the molecule is O=C(Cc1csc(-c2ccccc2)n1)Nc1ccccc1Cc1ccccc1. The largest absolute Gasteiger partial charge is 0.325 e. The highest BCUT2D eigenvalue weighted by atomic mass is 32.1. The summed E-state index contributed by atoms with van der Waals surface area (Å²) in [5, 5.41) is 5.95. The number of aromatic nitrogens is 1. The number of amides is 1. The fourth-order valence-electron chi connectivity index (χ4n) is 3.07. The van der Waals surface area contributed by atoms with Crippen LogP contribution in [0.15, 0.2) is 90.3 Å². The Morgan fingerprint density at radius 1 is 0.857 bits per heavy atom. The second-order valence-corrected chi connectivity index (χ2v) is 7.41. The van der Waals surface area contributed by atoms with Gasteiger partial charge in [0.1, 0.15) is 5.01 Å². The second kappa shape index (κ2) is 8.63. The van der Waals surface area contributed by atoms with Crippen LogP contribution >= 0.6 is 11.3 Å². The molecule has 138 valence electrons. The number of anilines is 1. The molecule has 0 radical (unpaired) electrons. The molecule has 0 aliphatic heterocycles. The molecule has 4 aromatic rings. The Morgan fingerprint density at radius 3 is 2.32 bits per heavy atom. The van der Waals surface area contributed by atoms with Gasteiger partial charge in [0.2, 0.25) is 5.91 Å². The highest BCUT2D eigenvalue weighted by molar-refractivity contribution is 7.13. The van der Waals surface area contributed by atoms with Crippen molar-refractivity contribution in [3.8, 4) is 10.6 Å². The van der Waals surface area contributed by atoms with E-state index in [9.17, 15) is 4.79 Å². The van der Waals surface area contributed by atoms with E-state index in [1.54, 1.807) is 11.3 Å². The van der Waals surface area contributed by atoms with Gasteiger partial charge < -0.3 is 5.32 Å². The van der Waals surface area contributed by atoms with Crippen LogP contribution < -0.4 is 5.32 Å². The van der Waals surface area contributed by atoms with Gasteiger partial charge in [-0.2, -0.15) is 0 Å². The smallest absolute Gasteiger partial charge is 0.230 e. The zero-order valence-electron chi connectivity index (χ0n) is 15.3. The molecule has 4 rings (SSSR count). The minimum absolute atomic E-state index is 0.0505. The molecule has 0 aliphatic carbocycles. The number of hydrogen-bond donors (Lipinski definition) is 1. The molecule has 0 spiro atoms. The number of nitrogens with one attached hydrogen (secondary N) is 1. The van der Waals surface area contributed by atoms with E-state index in [4.69, 9.17) is 0 Å². The molecular weight excluding hydrogens is 364 g/mol. The monoisotopic (exact) mass is 384 g/mol. The van der Waals surface area contributed by atoms with Crippen LogP contribution in [-0.2, 0) is 17.6 Å². The standard InChI is InChI=1S/C24H20N2OS/c27-23(16-21-17-28-24(25-21)19-11-5-2-6-12-19)26-22-14-8-7-13-20(22)15-18-9-3-1-4-10-18/h1-14,17H,15-16H2,(H,26,27). The summed E-state index contributed by atoms with van der Waals surface area (Å²) in [6.45, 7) is 0. The van der Waals surface area contributed by atoms with Gasteiger partial charge in [0, 0.05) is 16.6 Å². The van der Waals surface area contributed by atoms with Crippen LogP contribution in [0.4, 0.5) is 5.69 Å². The Balaban J connectivity index is 1.44. The van der Waals surface area contributed by atoms with Gasteiger partial charge in [0.15, 0.2) is 0 Å². The van der Waals surface area contributed by atoms with Gasteiger partial charge in [-0.3, -0.25) is 4.79 Å². The summed E-state index contributed by atoms with van der Waals surface area (Å²) in [4.78, 5) is 17.2. The summed E-state index contributed by atoms with van der Waals surface area (Å²) in [7, 11) is 0. The van der Waals surface area contributed by atoms with E-state index in [1.165, 1.54) is 5.56 Å². The van der Waals surface area contributed by atoms with Gasteiger partial charge in [0.05, 0.1) is 12.1 Å². The number of rotatable bonds is 6. The van der Waals surface area contributed by atoms with Crippen molar-refractivity contribution in [1.29, 1.82) is 0 Å². The summed E-state index contributed by atoms with van der Waals surface area (Å²) in [5.41, 5.74) is 5.05. The van der Waals surface area contributed by atoms with Crippen molar-refractivity contribution >= 4 is 22.9 Å². The van der Waals surface area contributed by atoms with Gasteiger partial charge in [-0.1, -0.05) is 78.9 Å². The van der Waals surface area contributed by atoms with E-state index in [2.05, 4.69) is 28.5 Å². The molecular formula is C24H20N2OS. The van der Waals surface area contributed by atoms with E-state index in [1.807, 2.05) is 72.1 Å². The molecule has 4 heteroatoms. The first-order chi connectivity index (χ1) is 13.8. The van der Waals surface area contributed by atoms with Crippen LogP contribution in [0.3, 0.4) is 0 Å². The van der Waals surface area contributed by atoms with Crippen LogP contribution in [0.2, 0.25) is 0 Å². The second-order valence-electron chi connectivity index (χ2n) is 6.55. The van der Waals surface area contributed by atoms with Crippen LogP contribution in [0, 0.1) is 0 Å². The van der Waals surface area contributed by atoms with Crippen molar-refractivity contribution in [2.24, 2.45) is 0 Å². The lowest BCUT2D eigenvalue weighted by molar-refractivity contribution is -0.115. The Bertz CT molecular complexity index is 1060. The van der Waals surface area contributed by atoms with Crippen molar-refractivity contribution < 1.29 is 4.79 Å². The lowest BCUT2D eigenvalue weighted by Crippen LogP contribution is -2.15. The van der Waals surface area contributed by atoms with Gasteiger partial charge in [-0.15, -0.1) is 11.3 Å². The van der Waals surface area contributed by atoms with Gasteiger partial charge in [-0.05, 0) is 23.6 Å². The summed E-state index contributed by atoms with van der Waals surface area (Å²) < 4.78 is 0. The maximum Gasteiger partial charge on any atom is 0.230 e. The zero-order chi connectivity index (χ0) is 19.2. The number of hydrogen-bond acceptors (Lipinski definition) is 3. The number of carbonyl (C=O) groups excluding carboxylic acids is 1. The number of para-hydroxylation sites is 1. The molecule has 1 aromatic heterocycles. The lowest BCUT2D eigenvalue weighted by atomic mass is 10.0. The number of nitrogens with zero attached hydrogens (tertiary/aromatic N) is 1. The van der Waals surface area contributed by atoms with Crippen LogP contribution in [0.25, 0.3) is 10.6 Å². The summed E-state index contributed by atoms with van der Waals surface area (Å²) >= 11 is 1.56. The van der Waals surface area contributed by atoms with Gasteiger partial charge >= 0.3 is 0 Å². The molecule has 1 heterocycles. The summed E-state index contributed by atoms with van der Waals surface area (Å²) in [6, 6.07) is 28.2. The molecule has 0 atom stereocenters. The minimum Gasteiger partial charge on any atom is -0.325 e. The van der Waals surface area contributed by atoms with Crippen molar-refractivity contribution in [2.45, 2.75) is 12.8 Å². The number of benzene rings is 3. The summed E-state index contributed by atoms with van der Waals surface area (Å²) in [6.07, 6.45) is 1.05. The molecule has 0 saturated heterocycles. The molecule has 0 saturated carbocycles. The first-order valence-electron chi connectivity index (χ1n) is 9.19. The first-order valence-corrected chi connectivity index (χ1v) is 10.1. The highest BCUT2D eigenvalue weighted by Gasteiger charge is 2.11. The Labute approximate surface area is 168 Å². The molecule has 1 amide bonds. The van der Waals surface area contributed by atoms with Crippen LogP contribution in [-0.4, -0.2) is 10.9 Å². The van der Waals surface area contributed by atoms with Crippen molar-refractivity contribution in [2.75, 3.05) is 5.32 Å². The number of carbonyl (C=O) groups is 1. The predicted octanol–water partition coefficient (Wildman–Crippen LogP) is 5.58. The Morgan fingerprint density at radius 2 is 1.54 bits per heavy atom. The minimum atomic E-state index is -0.0505. The topological polar surface area (TPSA) is 42.0 Å². The van der Waals surface area contributed by atoms with Crippen molar-refractivity contribution in [3.05, 3.63) is 107 Å². The Kier molecular flexibility index (Phi) is 5.59. The van der Waals surface area contributed by atoms with Crippen molar-refractivity contribution in [1.82, 2.24) is 4.98 Å². The summed E-state index contributed by atoms with van der Waals surface area (Å²) in [5.74, 6) is -0.0505. The quantitative estimate of drug-likeness (QED) is 0.471. The fraction of sp³-hybridized carbons (Fsp3) is 0.0833. The van der Waals surface area contributed by atoms with E-state index in [-0.39, 0.29) is 12.3 Å². The first kappa shape index (κ1) is 18.1. The average molecular weight is 385 g/mol. The highest BCUT2D eigenvalue weighted by Crippen LogP contribution is 2.24. The molecule has 0 bridgehead atoms. The van der Waals surface area contributed by atoms with E-state index in [0.29, 0.717) is 0 Å². The third kappa shape index (κ3) is 4.53. The fourth-order valence-corrected chi connectivity index (χ4v) is 3.90. The van der Waals surface area contributed by atoms with E-state index >= 15 is 0 Å².